The predicted octanol–water partition coefficient (Wildman–Crippen LogP) is 0.219. The van der Waals surface area contributed by atoms with Crippen LogP contribution in [0, 0.1) is 10.7 Å². The Hall–Kier alpha value is -1.81. The second kappa shape index (κ2) is 2.91. The summed E-state index contributed by atoms with van der Waals surface area (Å²) in [5.74, 6) is 0. The number of aromatic amines is 2. The molecule has 0 spiro atoms. The summed E-state index contributed by atoms with van der Waals surface area (Å²) < 4.78 is 0. The van der Waals surface area contributed by atoms with Crippen molar-refractivity contribution in [3.8, 4) is 5.40 Å². The number of thiocyanates is 1. The molecule has 0 radical (unpaired) electrons. The van der Waals surface area contributed by atoms with E-state index in [0.717, 1.165) is 11.8 Å². The number of nitrogens with zero attached hydrogens (tertiary/aromatic N) is 3. The number of H-pyrrole nitrogens is 2. The topological polar surface area (TPSA) is 98.2 Å². The summed E-state index contributed by atoms with van der Waals surface area (Å²) in [6.07, 6.45) is 1.38. The average molecular weight is 193 g/mol. The molecule has 0 fully saturated rings. The van der Waals surface area contributed by atoms with Crippen LogP contribution in [0.3, 0.4) is 0 Å². The smallest absolute Gasteiger partial charge is 0.277 e. The highest BCUT2D eigenvalue weighted by Gasteiger charge is 2.05. The van der Waals surface area contributed by atoms with Gasteiger partial charge in [-0.1, -0.05) is 0 Å². The van der Waals surface area contributed by atoms with Gasteiger partial charge in [0, 0.05) is 11.8 Å². The molecular formula is C6H3N5OS. The van der Waals surface area contributed by atoms with Gasteiger partial charge in [-0.25, -0.2) is 9.97 Å². The third kappa shape index (κ3) is 1.27. The first-order valence-corrected chi connectivity index (χ1v) is 4.12. The predicted molar refractivity (Wildman–Crippen MR) is 46.0 cm³/mol. The van der Waals surface area contributed by atoms with Crippen molar-refractivity contribution in [3.05, 3.63) is 16.7 Å². The van der Waals surface area contributed by atoms with E-state index in [2.05, 4.69) is 19.9 Å². The molecule has 0 atom stereocenters. The molecule has 0 aliphatic heterocycles. The molecule has 7 heteroatoms. The minimum Gasteiger partial charge on any atom is -0.339 e. The monoisotopic (exact) mass is 193 g/mol. The molecule has 0 aliphatic carbocycles. The zero-order valence-corrected chi connectivity index (χ0v) is 7.05. The van der Waals surface area contributed by atoms with Gasteiger partial charge < -0.3 is 4.98 Å². The van der Waals surface area contributed by atoms with Gasteiger partial charge in [-0.05, 0) is 0 Å². The lowest BCUT2D eigenvalue weighted by Gasteiger charge is -1.91. The molecule has 0 saturated heterocycles. The Morgan fingerprint density at radius 3 is 3.23 bits per heavy atom. The maximum atomic E-state index is 11.2. The number of hydrogen-bond acceptors (Lipinski definition) is 5. The lowest BCUT2D eigenvalue weighted by molar-refractivity contribution is 0.969. The van der Waals surface area contributed by atoms with E-state index in [1.807, 2.05) is 5.40 Å². The van der Waals surface area contributed by atoms with Crippen LogP contribution in [0.1, 0.15) is 0 Å². The first kappa shape index (κ1) is 7.82. The first-order chi connectivity index (χ1) is 6.31. The molecule has 0 aromatic carbocycles. The largest absolute Gasteiger partial charge is 0.339 e. The van der Waals surface area contributed by atoms with Crippen LogP contribution in [0.4, 0.5) is 0 Å². The van der Waals surface area contributed by atoms with Gasteiger partial charge in [0.25, 0.3) is 5.56 Å². The fourth-order valence-corrected chi connectivity index (χ4v) is 1.28. The van der Waals surface area contributed by atoms with E-state index in [-0.39, 0.29) is 10.7 Å². The maximum Gasteiger partial charge on any atom is 0.277 e. The lowest BCUT2D eigenvalue weighted by atomic mass is 10.6. The first-order valence-electron chi connectivity index (χ1n) is 3.30. The fraction of sp³-hybridized carbons (Fsp3) is 0. The number of imidazole rings is 1. The van der Waals surface area contributed by atoms with Crippen molar-refractivity contribution in [3.63, 3.8) is 0 Å². The number of fused-ring (bicyclic) bond motifs is 1. The van der Waals surface area contributed by atoms with Gasteiger partial charge in [0.1, 0.15) is 5.40 Å². The summed E-state index contributed by atoms with van der Waals surface area (Å²) in [5, 5.41) is 10.4. The fourth-order valence-electron chi connectivity index (χ4n) is 0.914. The highest BCUT2D eigenvalue weighted by molar-refractivity contribution is 8.03. The van der Waals surface area contributed by atoms with Crippen LogP contribution in [0.25, 0.3) is 11.2 Å². The summed E-state index contributed by atoms with van der Waals surface area (Å²) in [7, 11) is 0. The van der Waals surface area contributed by atoms with Crippen LogP contribution in [-0.4, -0.2) is 19.9 Å². The summed E-state index contributed by atoms with van der Waals surface area (Å²) >= 11 is 0.793. The molecule has 6 nitrogen and oxygen atoms in total. The van der Waals surface area contributed by atoms with E-state index in [1.54, 1.807) is 0 Å². The number of nitriles is 1. The summed E-state index contributed by atoms with van der Waals surface area (Å²) in [4.78, 5) is 24.1. The van der Waals surface area contributed by atoms with Crippen LogP contribution in [0.2, 0.25) is 0 Å². The number of rotatable bonds is 1. The zero-order valence-electron chi connectivity index (χ0n) is 6.24. The maximum absolute atomic E-state index is 11.2. The van der Waals surface area contributed by atoms with E-state index >= 15 is 0 Å². The van der Waals surface area contributed by atoms with Crippen LogP contribution in [0.15, 0.2) is 16.3 Å². The Labute approximate surface area is 76.0 Å². The minimum absolute atomic E-state index is 0.257. The molecule has 0 saturated carbocycles. The second-order valence-corrected chi connectivity index (χ2v) is 2.94. The zero-order chi connectivity index (χ0) is 9.26. The van der Waals surface area contributed by atoms with Crippen LogP contribution >= 0.6 is 11.8 Å². The number of thioether (sulfide) groups is 1. The third-order valence-electron chi connectivity index (χ3n) is 1.42. The standard InChI is InChI=1S/C6H3N5OS/c7-1-13-6-10-4-3(5(12)11-6)8-2-9-4/h2H,(H2,8,9,10,11,12). The van der Waals surface area contributed by atoms with Crippen molar-refractivity contribution in [1.29, 1.82) is 5.26 Å². The van der Waals surface area contributed by atoms with Gasteiger partial charge >= 0.3 is 0 Å². The van der Waals surface area contributed by atoms with E-state index < -0.39 is 0 Å². The van der Waals surface area contributed by atoms with Gasteiger partial charge in [-0.2, -0.15) is 5.26 Å². The Morgan fingerprint density at radius 2 is 2.46 bits per heavy atom. The highest BCUT2D eigenvalue weighted by Crippen LogP contribution is 2.10. The highest BCUT2D eigenvalue weighted by atomic mass is 32.2. The molecule has 0 aliphatic rings. The molecule has 2 aromatic heterocycles. The molecule has 2 heterocycles. The van der Waals surface area contributed by atoms with Crippen molar-refractivity contribution < 1.29 is 0 Å². The molecular weight excluding hydrogens is 190 g/mol. The average Bonchev–Trinajstić information content (AvgIpc) is 2.53. The lowest BCUT2D eigenvalue weighted by Crippen LogP contribution is -2.08. The van der Waals surface area contributed by atoms with Gasteiger partial charge in [-0.3, -0.25) is 9.78 Å². The quantitative estimate of drug-likeness (QED) is 0.383. The molecule has 0 bridgehead atoms. The van der Waals surface area contributed by atoms with Crippen LogP contribution in [-0.2, 0) is 0 Å². The Kier molecular flexibility index (Phi) is 1.75. The summed E-state index contributed by atoms with van der Waals surface area (Å²) in [5.41, 5.74) is 0.323. The van der Waals surface area contributed by atoms with Crippen molar-refractivity contribution in [1.82, 2.24) is 19.9 Å². The Morgan fingerprint density at radius 1 is 1.62 bits per heavy atom. The number of hydrogen-bond donors (Lipinski definition) is 2. The second-order valence-electron chi connectivity index (χ2n) is 2.17. The SMILES string of the molecule is N#CSc1nc2nc[nH]c2c(=O)[nH]1. The van der Waals surface area contributed by atoms with Crippen LogP contribution in [0.5, 0.6) is 0 Å². The Balaban J connectivity index is 2.72. The molecule has 2 rings (SSSR count). The molecule has 13 heavy (non-hydrogen) atoms. The summed E-state index contributed by atoms with van der Waals surface area (Å²) in [6, 6.07) is 0. The third-order valence-corrected chi connectivity index (χ3v) is 1.89. The van der Waals surface area contributed by atoms with E-state index in [9.17, 15) is 4.79 Å². The molecule has 0 amide bonds. The normalized spacial score (nSPS) is 10.1. The Bertz CT molecular complexity index is 536. The van der Waals surface area contributed by atoms with Crippen molar-refractivity contribution >= 4 is 22.9 Å². The van der Waals surface area contributed by atoms with Gasteiger partial charge in [0.05, 0.1) is 6.33 Å². The van der Waals surface area contributed by atoms with Gasteiger partial charge in [0.2, 0.25) is 0 Å². The van der Waals surface area contributed by atoms with Gasteiger partial charge in [0.15, 0.2) is 16.3 Å². The molecule has 2 aromatic rings. The number of aromatic nitrogens is 4. The van der Waals surface area contributed by atoms with Crippen molar-refractivity contribution in [2.75, 3.05) is 0 Å². The van der Waals surface area contributed by atoms with Crippen molar-refractivity contribution in [2.24, 2.45) is 0 Å². The minimum atomic E-state index is -0.319. The van der Waals surface area contributed by atoms with E-state index in [1.165, 1.54) is 6.33 Å². The van der Waals surface area contributed by atoms with Crippen molar-refractivity contribution in [2.45, 2.75) is 5.16 Å². The molecule has 0 unspecified atom stereocenters. The van der Waals surface area contributed by atoms with Gasteiger partial charge in [-0.15, -0.1) is 0 Å². The van der Waals surface area contributed by atoms with Crippen LogP contribution < -0.4 is 5.56 Å². The number of nitrogens with one attached hydrogen (secondary N) is 2. The van der Waals surface area contributed by atoms with E-state index in [0.29, 0.717) is 11.2 Å². The molecule has 64 valence electrons. The van der Waals surface area contributed by atoms with E-state index in [4.69, 9.17) is 5.26 Å². The molecule has 2 N–H and O–H groups in total. The summed E-state index contributed by atoms with van der Waals surface area (Å²) in [6.45, 7) is 0.